The molecule has 2 aliphatic rings. The number of piperazine rings is 1. The van der Waals surface area contributed by atoms with Crippen LogP contribution in [0, 0.1) is 0 Å². The Morgan fingerprint density at radius 3 is 2.57 bits per heavy atom. The molecule has 2 aliphatic heterocycles. The number of pyridine rings is 1. The SMILES string of the molecule is O=C(COc1ccccc1C1SCCS1)N1CC[NH+](Cc2ccncc2)CC1. The molecule has 148 valence electrons. The summed E-state index contributed by atoms with van der Waals surface area (Å²) in [6.45, 7) is 4.64. The fourth-order valence-electron chi connectivity index (χ4n) is 3.61. The van der Waals surface area contributed by atoms with Crippen molar-refractivity contribution in [3.05, 3.63) is 59.9 Å². The number of aromatic nitrogens is 1. The molecule has 3 heterocycles. The van der Waals surface area contributed by atoms with Crippen molar-refractivity contribution >= 4 is 29.4 Å². The quantitative estimate of drug-likeness (QED) is 0.779. The molecule has 0 radical (unpaired) electrons. The van der Waals surface area contributed by atoms with Crippen LogP contribution < -0.4 is 9.64 Å². The third-order valence-electron chi connectivity index (χ3n) is 5.17. The van der Waals surface area contributed by atoms with Gasteiger partial charge in [-0.25, -0.2) is 0 Å². The van der Waals surface area contributed by atoms with E-state index in [0.29, 0.717) is 4.58 Å². The van der Waals surface area contributed by atoms with Crippen LogP contribution in [0.15, 0.2) is 48.8 Å². The van der Waals surface area contributed by atoms with E-state index in [2.05, 4.69) is 23.2 Å². The lowest BCUT2D eigenvalue weighted by Crippen LogP contribution is -3.13. The molecule has 1 aromatic carbocycles. The van der Waals surface area contributed by atoms with Crippen molar-refractivity contribution in [2.24, 2.45) is 0 Å². The van der Waals surface area contributed by atoms with Crippen LogP contribution in [0.25, 0.3) is 0 Å². The standard InChI is InChI=1S/C21H25N3O2S2/c25-20(16-26-19-4-2-1-3-18(19)21-27-13-14-28-21)24-11-9-23(10-12-24)15-17-5-7-22-8-6-17/h1-8,21H,9-16H2/p+1. The average molecular weight is 417 g/mol. The molecular weight excluding hydrogens is 390 g/mol. The monoisotopic (exact) mass is 416 g/mol. The largest absolute Gasteiger partial charge is 0.483 e. The van der Waals surface area contributed by atoms with Crippen molar-refractivity contribution in [2.45, 2.75) is 11.1 Å². The Hall–Kier alpha value is -1.70. The Morgan fingerprint density at radius 1 is 1.11 bits per heavy atom. The molecule has 0 bridgehead atoms. The number of carbonyl (C=O) groups is 1. The van der Waals surface area contributed by atoms with E-state index in [-0.39, 0.29) is 12.5 Å². The van der Waals surface area contributed by atoms with E-state index in [1.165, 1.54) is 27.5 Å². The lowest BCUT2D eigenvalue weighted by Gasteiger charge is -2.32. The molecule has 2 saturated heterocycles. The molecule has 2 aromatic rings. The number of carbonyl (C=O) groups excluding carboxylic acids is 1. The van der Waals surface area contributed by atoms with Crippen LogP contribution in [0.2, 0.25) is 0 Å². The predicted octanol–water partition coefficient (Wildman–Crippen LogP) is 1.87. The first-order valence-electron chi connectivity index (χ1n) is 9.75. The maximum Gasteiger partial charge on any atom is 0.260 e. The first-order chi connectivity index (χ1) is 13.8. The topological polar surface area (TPSA) is 46.9 Å². The molecule has 2 fully saturated rings. The minimum Gasteiger partial charge on any atom is -0.483 e. The van der Waals surface area contributed by atoms with Gasteiger partial charge in [-0.05, 0) is 18.2 Å². The molecule has 1 aromatic heterocycles. The Balaban J connectivity index is 1.26. The second-order valence-electron chi connectivity index (χ2n) is 7.06. The van der Waals surface area contributed by atoms with E-state index >= 15 is 0 Å². The van der Waals surface area contributed by atoms with Gasteiger partial charge in [0.15, 0.2) is 6.61 Å². The summed E-state index contributed by atoms with van der Waals surface area (Å²) in [6.07, 6.45) is 3.68. The van der Waals surface area contributed by atoms with E-state index in [0.717, 1.165) is 38.5 Å². The molecule has 1 amide bonds. The molecule has 0 unspecified atom stereocenters. The zero-order valence-electron chi connectivity index (χ0n) is 15.9. The molecule has 0 aliphatic carbocycles. The minimum absolute atomic E-state index is 0.0875. The lowest BCUT2D eigenvalue weighted by atomic mass is 10.2. The number of hydrogen-bond donors (Lipinski definition) is 1. The molecule has 0 spiro atoms. The Morgan fingerprint density at radius 2 is 1.82 bits per heavy atom. The van der Waals surface area contributed by atoms with Gasteiger partial charge in [-0.2, -0.15) is 0 Å². The fourth-order valence-corrected chi connectivity index (χ4v) is 6.52. The van der Waals surface area contributed by atoms with E-state index in [1.807, 2.05) is 59.0 Å². The number of para-hydroxylation sites is 1. The van der Waals surface area contributed by atoms with Crippen molar-refractivity contribution in [3.8, 4) is 5.75 Å². The van der Waals surface area contributed by atoms with Gasteiger partial charge in [-0.1, -0.05) is 18.2 Å². The number of quaternary nitrogens is 1. The molecule has 4 rings (SSSR count). The third-order valence-corrected chi connectivity index (χ3v) is 8.24. The van der Waals surface area contributed by atoms with Crippen molar-refractivity contribution in [1.82, 2.24) is 9.88 Å². The number of thioether (sulfide) groups is 2. The molecule has 7 heteroatoms. The summed E-state index contributed by atoms with van der Waals surface area (Å²) in [7, 11) is 0. The van der Waals surface area contributed by atoms with Gasteiger partial charge >= 0.3 is 0 Å². The van der Waals surface area contributed by atoms with Gasteiger partial charge in [-0.15, -0.1) is 23.5 Å². The second-order valence-corrected chi connectivity index (χ2v) is 9.79. The third kappa shape index (κ3) is 5.01. The number of hydrogen-bond acceptors (Lipinski definition) is 5. The number of rotatable bonds is 6. The summed E-state index contributed by atoms with van der Waals surface area (Å²) in [4.78, 5) is 20.2. The number of amides is 1. The lowest BCUT2D eigenvalue weighted by molar-refractivity contribution is -0.917. The highest BCUT2D eigenvalue weighted by atomic mass is 32.2. The van der Waals surface area contributed by atoms with Crippen molar-refractivity contribution < 1.29 is 14.4 Å². The van der Waals surface area contributed by atoms with Gasteiger partial charge in [0.2, 0.25) is 0 Å². The van der Waals surface area contributed by atoms with E-state index < -0.39 is 0 Å². The summed E-state index contributed by atoms with van der Waals surface area (Å²) in [5.74, 6) is 3.29. The highest BCUT2D eigenvalue weighted by Gasteiger charge is 2.25. The maximum absolute atomic E-state index is 12.6. The number of ether oxygens (including phenoxy) is 1. The van der Waals surface area contributed by atoms with Gasteiger partial charge in [0, 0.05) is 35.0 Å². The molecule has 28 heavy (non-hydrogen) atoms. The smallest absolute Gasteiger partial charge is 0.260 e. The van der Waals surface area contributed by atoms with Crippen LogP contribution in [-0.4, -0.2) is 60.1 Å². The van der Waals surface area contributed by atoms with E-state index in [9.17, 15) is 4.79 Å². The maximum atomic E-state index is 12.6. The number of benzene rings is 1. The Labute approximate surface area is 174 Å². The number of nitrogens with zero attached hydrogens (tertiary/aromatic N) is 2. The zero-order chi connectivity index (χ0) is 19.2. The minimum atomic E-state index is 0.0875. The van der Waals surface area contributed by atoms with Gasteiger partial charge in [0.05, 0.1) is 30.8 Å². The van der Waals surface area contributed by atoms with Crippen LogP contribution >= 0.6 is 23.5 Å². The summed E-state index contributed by atoms with van der Waals surface area (Å²) in [5.41, 5.74) is 2.50. The van der Waals surface area contributed by atoms with Crippen LogP contribution in [0.5, 0.6) is 5.75 Å². The van der Waals surface area contributed by atoms with Gasteiger partial charge in [0.1, 0.15) is 12.3 Å². The highest BCUT2D eigenvalue weighted by Crippen LogP contribution is 2.48. The van der Waals surface area contributed by atoms with Crippen LogP contribution in [0.4, 0.5) is 0 Å². The molecular formula is C21H26N3O2S2+. The van der Waals surface area contributed by atoms with Crippen LogP contribution in [0.3, 0.4) is 0 Å². The number of nitrogens with one attached hydrogen (secondary N) is 1. The summed E-state index contributed by atoms with van der Waals surface area (Å²) < 4.78 is 6.38. The molecule has 0 atom stereocenters. The summed E-state index contributed by atoms with van der Waals surface area (Å²) >= 11 is 3.91. The first-order valence-corrected chi connectivity index (χ1v) is 11.8. The molecule has 0 saturated carbocycles. The van der Waals surface area contributed by atoms with Gasteiger partial charge < -0.3 is 14.5 Å². The highest BCUT2D eigenvalue weighted by molar-refractivity contribution is 8.19. The fraction of sp³-hybridized carbons (Fsp3) is 0.429. The van der Waals surface area contributed by atoms with Crippen molar-refractivity contribution in [2.75, 3.05) is 44.3 Å². The molecule has 5 nitrogen and oxygen atoms in total. The van der Waals surface area contributed by atoms with E-state index in [4.69, 9.17) is 4.74 Å². The zero-order valence-corrected chi connectivity index (χ0v) is 17.5. The van der Waals surface area contributed by atoms with Crippen molar-refractivity contribution in [1.29, 1.82) is 0 Å². The van der Waals surface area contributed by atoms with Crippen LogP contribution in [0.1, 0.15) is 15.7 Å². The molecule has 1 N–H and O–H groups in total. The summed E-state index contributed by atoms with van der Waals surface area (Å²) in [5, 5.41) is 0. The van der Waals surface area contributed by atoms with Gasteiger partial charge in [-0.3, -0.25) is 9.78 Å². The first kappa shape index (κ1) is 19.6. The van der Waals surface area contributed by atoms with E-state index in [1.54, 1.807) is 0 Å². The Bertz CT molecular complexity index is 776. The van der Waals surface area contributed by atoms with Crippen LogP contribution in [-0.2, 0) is 11.3 Å². The Kier molecular flexibility index (Phi) is 6.77. The summed E-state index contributed by atoms with van der Waals surface area (Å²) in [6, 6.07) is 12.3. The van der Waals surface area contributed by atoms with Crippen molar-refractivity contribution in [3.63, 3.8) is 0 Å². The second kappa shape index (κ2) is 9.67. The average Bonchev–Trinajstić information content (AvgIpc) is 3.28. The normalized spacial score (nSPS) is 18.4. The van der Waals surface area contributed by atoms with Gasteiger partial charge in [0.25, 0.3) is 5.91 Å². The predicted molar refractivity (Wildman–Crippen MR) is 115 cm³/mol.